The van der Waals surface area contributed by atoms with Gasteiger partial charge in [0.15, 0.2) is 0 Å². The van der Waals surface area contributed by atoms with E-state index in [0.717, 1.165) is 5.52 Å². The highest BCUT2D eigenvalue weighted by Gasteiger charge is 2.17. The van der Waals surface area contributed by atoms with E-state index < -0.39 is 0 Å². The Morgan fingerprint density at radius 2 is 2.17 bits per heavy atom. The highest BCUT2D eigenvalue weighted by atomic mass is 32.1. The van der Waals surface area contributed by atoms with Crippen LogP contribution in [0.25, 0.3) is 5.52 Å². The average molecular weight is 257 g/mol. The molecule has 3 aromatic heterocycles. The highest BCUT2D eigenvalue weighted by Crippen LogP contribution is 2.30. The Hall–Kier alpha value is -1.65. The van der Waals surface area contributed by atoms with Crippen LogP contribution in [0.15, 0.2) is 42.7 Å². The van der Waals surface area contributed by atoms with E-state index in [0.29, 0.717) is 0 Å². The van der Waals surface area contributed by atoms with Gasteiger partial charge < -0.3 is 5.32 Å². The van der Waals surface area contributed by atoms with Gasteiger partial charge in [-0.05, 0) is 38.2 Å². The summed E-state index contributed by atoms with van der Waals surface area (Å²) in [6, 6.07) is 10.7. The average Bonchev–Trinajstić information content (AvgIpc) is 2.98. The molecule has 1 atom stereocenters. The fourth-order valence-corrected chi connectivity index (χ4v) is 3.24. The zero-order chi connectivity index (χ0) is 12.5. The first-order valence-corrected chi connectivity index (χ1v) is 6.77. The van der Waals surface area contributed by atoms with Crippen LogP contribution in [0.4, 0.5) is 0 Å². The second kappa shape index (κ2) is 4.55. The largest absolute Gasteiger partial charge is 0.309 e. The summed E-state index contributed by atoms with van der Waals surface area (Å²) >= 11 is 1.83. The first kappa shape index (κ1) is 11.4. The van der Waals surface area contributed by atoms with E-state index in [2.05, 4.69) is 35.5 Å². The first-order chi connectivity index (χ1) is 8.79. The molecular weight excluding hydrogens is 242 g/mol. The Morgan fingerprint density at radius 1 is 1.28 bits per heavy atom. The van der Waals surface area contributed by atoms with Crippen LogP contribution in [0.2, 0.25) is 0 Å². The molecule has 0 bridgehead atoms. The molecule has 3 nitrogen and oxygen atoms in total. The van der Waals surface area contributed by atoms with Crippen LogP contribution < -0.4 is 5.32 Å². The number of hydrogen-bond donors (Lipinski definition) is 1. The molecule has 0 fully saturated rings. The van der Waals surface area contributed by atoms with E-state index in [1.165, 1.54) is 15.3 Å². The number of thiophene rings is 1. The molecule has 4 heteroatoms. The smallest absolute Gasteiger partial charge is 0.0713 e. The number of hydrogen-bond acceptors (Lipinski definition) is 3. The Labute approximate surface area is 110 Å². The molecule has 0 radical (unpaired) electrons. The molecule has 3 aromatic rings. The number of aromatic nitrogens is 2. The van der Waals surface area contributed by atoms with Gasteiger partial charge in [0.1, 0.15) is 0 Å². The zero-order valence-electron chi connectivity index (χ0n) is 10.4. The fourth-order valence-electron chi connectivity index (χ4n) is 2.24. The molecule has 18 heavy (non-hydrogen) atoms. The lowest BCUT2D eigenvalue weighted by Crippen LogP contribution is -2.16. The monoisotopic (exact) mass is 257 g/mol. The Morgan fingerprint density at radius 3 is 2.89 bits per heavy atom. The summed E-state index contributed by atoms with van der Waals surface area (Å²) in [5.74, 6) is 0. The van der Waals surface area contributed by atoms with Crippen molar-refractivity contribution in [3.63, 3.8) is 0 Å². The number of nitrogens with zero attached hydrogens (tertiary/aromatic N) is 2. The molecule has 0 saturated heterocycles. The molecule has 0 spiro atoms. The summed E-state index contributed by atoms with van der Waals surface area (Å²) in [4.78, 5) is 2.66. The van der Waals surface area contributed by atoms with Crippen molar-refractivity contribution in [2.45, 2.75) is 13.0 Å². The summed E-state index contributed by atoms with van der Waals surface area (Å²) < 4.78 is 1.92. The number of nitrogens with one attached hydrogen (secondary N) is 1. The lowest BCUT2D eigenvalue weighted by molar-refractivity contribution is 0.709. The van der Waals surface area contributed by atoms with Crippen LogP contribution in [-0.2, 0) is 0 Å². The van der Waals surface area contributed by atoms with Crippen LogP contribution in [-0.4, -0.2) is 16.7 Å². The van der Waals surface area contributed by atoms with Crippen molar-refractivity contribution in [2.75, 3.05) is 7.05 Å². The van der Waals surface area contributed by atoms with Crippen molar-refractivity contribution in [1.82, 2.24) is 14.9 Å². The predicted octanol–water partition coefficient (Wildman–Crippen LogP) is 3.01. The second-order valence-corrected chi connectivity index (χ2v) is 5.62. The number of pyridine rings is 1. The lowest BCUT2D eigenvalue weighted by Gasteiger charge is -2.13. The standard InChI is InChI=1S/C14H15N3S/c1-10-6-7-13(18-10)14(15-2)11-9-16-17-8-4-3-5-12(11)17/h3-9,14-15H,1-2H3. The van der Waals surface area contributed by atoms with E-state index in [1.54, 1.807) is 0 Å². The molecule has 92 valence electrons. The van der Waals surface area contributed by atoms with E-state index in [1.807, 2.05) is 47.4 Å². The van der Waals surface area contributed by atoms with Gasteiger partial charge in [-0.1, -0.05) is 6.07 Å². The molecule has 0 saturated carbocycles. The van der Waals surface area contributed by atoms with Gasteiger partial charge in [-0.3, -0.25) is 0 Å². The third-order valence-electron chi connectivity index (χ3n) is 3.10. The van der Waals surface area contributed by atoms with E-state index in [4.69, 9.17) is 0 Å². The number of rotatable bonds is 3. The Kier molecular flexibility index (Phi) is 2.89. The molecule has 0 aliphatic rings. The van der Waals surface area contributed by atoms with E-state index in [-0.39, 0.29) is 6.04 Å². The van der Waals surface area contributed by atoms with Crippen LogP contribution in [0.3, 0.4) is 0 Å². The lowest BCUT2D eigenvalue weighted by atomic mass is 10.1. The van der Waals surface area contributed by atoms with Gasteiger partial charge in [0.2, 0.25) is 0 Å². The third kappa shape index (κ3) is 1.83. The van der Waals surface area contributed by atoms with E-state index >= 15 is 0 Å². The summed E-state index contributed by atoms with van der Waals surface area (Å²) in [6.45, 7) is 2.14. The van der Waals surface area contributed by atoms with Crippen molar-refractivity contribution < 1.29 is 0 Å². The van der Waals surface area contributed by atoms with Crippen molar-refractivity contribution in [3.05, 3.63) is 58.0 Å². The SMILES string of the molecule is CNC(c1ccc(C)s1)c1cnn2ccccc12. The summed E-state index contributed by atoms with van der Waals surface area (Å²) in [6.07, 6.45) is 3.93. The molecule has 1 N–H and O–H groups in total. The van der Waals surface area contributed by atoms with Gasteiger partial charge in [0.25, 0.3) is 0 Å². The van der Waals surface area contributed by atoms with Gasteiger partial charge in [-0.15, -0.1) is 11.3 Å². The molecule has 0 aliphatic heterocycles. The molecule has 0 aromatic carbocycles. The maximum atomic E-state index is 4.40. The number of aryl methyl sites for hydroxylation is 1. The van der Waals surface area contributed by atoms with Crippen molar-refractivity contribution in [3.8, 4) is 0 Å². The van der Waals surface area contributed by atoms with Crippen LogP contribution in [0.1, 0.15) is 21.4 Å². The van der Waals surface area contributed by atoms with Crippen LogP contribution in [0.5, 0.6) is 0 Å². The topological polar surface area (TPSA) is 29.3 Å². The molecule has 3 rings (SSSR count). The minimum absolute atomic E-state index is 0.212. The Bertz CT molecular complexity index is 668. The minimum Gasteiger partial charge on any atom is -0.309 e. The molecular formula is C14H15N3S. The van der Waals surface area contributed by atoms with Crippen LogP contribution >= 0.6 is 11.3 Å². The fraction of sp³-hybridized carbons (Fsp3) is 0.214. The molecule has 1 unspecified atom stereocenters. The van der Waals surface area contributed by atoms with Crippen molar-refractivity contribution in [1.29, 1.82) is 0 Å². The van der Waals surface area contributed by atoms with Gasteiger partial charge in [0, 0.05) is 21.5 Å². The second-order valence-electron chi connectivity index (χ2n) is 4.30. The third-order valence-corrected chi connectivity index (χ3v) is 4.17. The summed E-state index contributed by atoms with van der Waals surface area (Å²) in [5.41, 5.74) is 2.38. The zero-order valence-corrected chi connectivity index (χ0v) is 11.2. The molecule has 0 amide bonds. The summed E-state index contributed by atoms with van der Waals surface area (Å²) in [7, 11) is 1.99. The van der Waals surface area contributed by atoms with Crippen molar-refractivity contribution >= 4 is 16.9 Å². The van der Waals surface area contributed by atoms with Crippen molar-refractivity contribution in [2.24, 2.45) is 0 Å². The highest BCUT2D eigenvalue weighted by molar-refractivity contribution is 7.12. The molecule has 3 heterocycles. The van der Waals surface area contributed by atoms with E-state index in [9.17, 15) is 0 Å². The van der Waals surface area contributed by atoms with Gasteiger partial charge in [-0.25, -0.2) is 4.52 Å². The first-order valence-electron chi connectivity index (χ1n) is 5.95. The normalized spacial score (nSPS) is 13.0. The quantitative estimate of drug-likeness (QED) is 0.781. The van der Waals surface area contributed by atoms with Gasteiger partial charge in [-0.2, -0.15) is 5.10 Å². The summed E-state index contributed by atoms with van der Waals surface area (Å²) in [5, 5.41) is 7.78. The molecule has 0 aliphatic carbocycles. The van der Waals surface area contributed by atoms with Gasteiger partial charge >= 0.3 is 0 Å². The minimum atomic E-state index is 0.212. The van der Waals surface area contributed by atoms with Crippen LogP contribution in [0, 0.1) is 6.92 Å². The maximum absolute atomic E-state index is 4.40. The number of fused-ring (bicyclic) bond motifs is 1. The predicted molar refractivity (Wildman–Crippen MR) is 75.2 cm³/mol. The van der Waals surface area contributed by atoms with Gasteiger partial charge in [0.05, 0.1) is 17.8 Å². The maximum Gasteiger partial charge on any atom is 0.0713 e. The Balaban J connectivity index is 2.11.